The molecule has 1 heterocycles. The Bertz CT molecular complexity index is 203. The molecule has 1 aliphatic rings. The molecule has 1 aliphatic heterocycles. The van der Waals surface area contributed by atoms with Gasteiger partial charge in [0.05, 0.1) is 12.0 Å². The van der Waals surface area contributed by atoms with Crippen LogP contribution in [0.3, 0.4) is 0 Å². The van der Waals surface area contributed by atoms with Crippen molar-refractivity contribution in [3.8, 4) is 6.07 Å². The number of hydrogen-bond acceptors (Lipinski definition) is 3. The smallest absolute Gasteiger partial charge is 0.0666 e. The summed E-state index contributed by atoms with van der Waals surface area (Å²) < 4.78 is 0. The monoisotopic (exact) mass is 209 g/mol. The van der Waals surface area contributed by atoms with E-state index in [0.717, 1.165) is 19.6 Å². The molecule has 0 bridgehead atoms. The zero-order valence-electron chi connectivity index (χ0n) is 10.00. The Morgan fingerprint density at radius 1 is 1.60 bits per heavy atom. The molecule has 0 radical (unpaired) electrons. The highest BCUT2D eigenvalue weighted by Gasteiger charge is 2.18. The van der Waals surface area contributed by atoms with E-state index in [1.165, 1.54) is 25.8 Å². The molecule has 3 nitrogen and oxygen atoms in total. The molecule has 1 fully saturated rings. The van der Waals surface area contributed by atoms with Crippen LogP contribution in [0.25, 0.3) is 0 Å². The first-order valence-electron chi connectivity index (χ1n) is 6.11. The van der Waals surface area contributed by atoms with Gasteiger partial charge < -0.3 is 10.2 Å². The van der Waals surface area contributed by atoms with Gasteiger partial charge in [0.15, 0.2) is 0 Å². The van der Waals surface area contributed by atoms with E-state index in [2.05, 4.69) is 23.2 Å². The van der Waals surface area contributed by atoms with Gasteiger partial charge in [-0.15, -0.1) is 0 Å². The second-order valence-corrected chi connectivity index (χ2v) is 4.58. The van der Waals surface area contributed by atoms with Crippen molar-refractivity contribution in [1.29, 1.82) is 5.26 Å². The van der Waals surface area contributed by atoms with Crippen molar-refractivity contribution in [3.05, 3.63) is 0 Å². The Hall–Kier alpha value is -0.590. The molecule has 1 saturated heterocycles. The van der Waals surface area contributed by atoms with Gasteiger partial charge in [0, 0.05) is 19.1 Å². The number of rotatable bonds is 6. The average molecular weight is 209 g/mol. The third-order valence-electron chi connectivity index (χ3n) is 2.93. The third-order valence-corrected chi connectivity index (χ3v) is 2.93. The molecule has 86 valence electrons. The van der Waals surface area contributed by atoms with E-state index in [1.54, 1.807) is 0 Å². The lowest BCUT2D eigenvalue weighted by Gasteiger charge is -2.25. The summed E-state index contributed by atoms with van der Waals surface area (Å²) in [7, 11) is 0. The van der Waals surface area contributed by atoms with Gasteiger partial charge in [-0.25, -0.2) is 0 Å². The van der Waals surface area contributed by atoms with E-state index < -0.39 is 0 Å². The van der Waals surface area contributed by atoms with E-state index in [0.29, 0.717) is 6.04 Å². The Morgan fingerprint density at radius 2 is 2.40 bits per heavy atom. The summed E-state index contributed by atoms with van der Waals surface area (Å²) in [4.78, 5) is 2.43. The van der Waals surface area contributed by atoms with Crippen molar-refractivity contribution >= 4 is 0 Å². The Kier molecular flexibility index (Phi) is 5.67. The predicted octanol–water partition coefficient (Wildman–Crippen LogP) is 1.61. The quantitative estimate of drug-likeness (QED) is 0.722. The van der Waals surface area contributed by atoms with Gasteiger partial charge in [0.1, 0.15) is 0 Å². The minimum Gasteiger partial charge on any atom is -0.313 e. The molecule has 0 aromatic carbocycles. The second-order valence-electron chi connectivity index (χ2n) is 4.58. The van der Waals surface area contributed by atoms with Crippen LogP contribution in [0.2, 0.25) is 0 Å². The maximum Gasteiger partial charge on any atom is 0.0666 e. The maximum absolute atomic E-state index is 8.82. The highest BCUT2D eigenvalue weighted by atomic mass is 15.2. The lowest BCUT2D eigenvalue weighted by molar-refractivity contribution is 0.234. The summed E-state index contributed by atoms with van der Waals surface area (Å²) in [6.07, 6.45) is 3.77. The fourth-order valence-corrected chi connectivity index (χ4v) is 2.23. The molecule has 0 amide bonds. The van der Waals surface area contributed by atoms with Crippen molar-refractivity contribution in [1.82, 2.24) is 10.2 Å². The Morgan fingerprint density at radius 3 is 2.93 bits per heavy atom. The molecule has 3 heteroatoms. The van der Waals surface area contributed by atoms with Crippen molar-refractivity contribution in [2.75, 3.05) is 26.2 Å². The minimum absolute atomic E-state index is 0.151. The van der Waals surface area contributed by atoms with Crippen LogP contribution < -0.4 is 5.32 Å². The van der Waals surface area contributed by atoms with Gasteiger partial charge in [-0.1, -0.05) is 6.92 Å². The van der Waals surface area contributed by atoms with Crippen LogP contribution in [0.5, 0.6) is 0 Å². The molecular formula is C12H23N3. The number of nitrogens with one attached hydrogen (secondary N) is 1. The molecule has 0 saturated carbocycles. The van der Waals surface area contributed by atoms with Crippen LogP contribution in [-0.2, 0) is 0 Å². The topological polar surface area (TPSA) is 39.1 Å². The summed E-state index contributed by atoms with van der Waals surface area (Å²) >= 11 is 0. The zero-order chi connectivity index (χ0) is 11.1. The summed E-state index contributed by atoms with van der Waals surface area (Å²) in [5.41, 5.74) is 0. The van der Waals surface area contributed by atoms with Crippen LogP contribution in [0, 0.1) is 17.2 Å². The highest BCUT2D eigenvalue weighted by Crippen LogP contribution is 2.09. The third kappa shape index (κ3) is 4.63. The second kappa shape index (κ2) is 6.81. The van der Waals surface area contributed by atoms with Crippen molar-refractivity contribution in [2.45, 2.75) is 39.2 Å². The average Bonchev–Trinajstić information content (AvgIpc) is 2.70. The van der Waals surface area contributed by atoms with Crippen LogP contribution in [0.4, 0.5) is 0 Å². The normalized spacial score (nSPS) is 22.9. The van der Waals surface area contributed by atoms with Crippen molar-refractivity contribution in [3.63, 3.8) is 0 Å². The van der Waals surface area contributed by atoms with Gasteiger partial charge in [-0.2, -0.15) is 5.26 Å². The molecule has 2 atom stereocenters. The summed E-state index contributed by atoms with van der Waals surface area (Å²) in [5, 5.41) is 12.3. The van der Waals surface area contributed by atoms with E-state index in [-0.39, 0.29) is 5.92 Å². The van der Waals surface area contributed by atoms with E-state index >= 15 is 0 Å². The molecular weight excluding hydrogens is 186 g/mol. The van der Waals surface area contributed by atoms with Gasteiger partial charge >= 0.3 is 0 Å². The molecule has 1 N–H and O–H groups in total. The minimum atomic E-state index is 0.151. The van der Waals surface area contributed by atoms with Gasteiger partial charge in [0.25, 0.3) is 0 Å². The first kappa shape index (κ1) is 12.5. The van der Waals surface area contributed by atoms with Gasteiger partial charge in [0.2, 0.25) is 0 Å². The SMILES string of the molecule is CCCN(CC(C)C#N)CC1CCCN1. The van der Waals surface area contributed by atoms with Crippen LogP contribution >= 0.6 is 0 Å². The lowest BCUT2D eigenvalue weighted by atomic mass is 10.1. The molecule has 0 aromatic heterocycles. The standard InChI is InChI=1S/C12H23N3/c1-3-7-15(9-11(2)8-13)10-12-5-4-6-14-12/h11-12,14H,3-7,9-10H2,1-2H3. The fourth-order valence-electron chi connectivity index (χ4n) is 2.23. The van der Waals surface area contributed by atoms with Crippen molar-refractivity contribution < 1.29 is 0 Å². The maximum atomic E-state index is 8.82. The fraction of sp³-hybridized carbons (Fsp3) is 0.917. The van der Waals surface area contributed by atoms with Gasteiger partial charge in [-0.3, -0.25) is 0 Å². The molecule has 2 unspecified atom stereocenters. The van der Waals surface area contributed by atoms with Crippen LogP contribution in [-0.4, -0.2) is 37.1 Å². The predicted molar refractivity (Wildman–Crippen MR) is 62.5 cm³/mol. The van der Waals surface area contributed by atoms with E-state index in [1.807, 2.05) is 6.92 Å². The molecule has 0 aliphatic carbocycles. The van der Waals surface area contributed by atoms with Crippen molar-refractivity contribution in [2.24, 2.45) is 5.92 Å². The number of nitriles is 1. The Labute approximate surface area is 93.5 Å². The van der Waals surface area contributed by atoms with E-state index in [4.69, 9.17) is 5.26 Å². The van der Waals surface area contributed by atoms with Crippen LogP contribution in [0.15, 0.2) is 0 Å². The summed E-state index contributed by atoms with van der Waals surface area (Å²) in [6.45, 7) is 8.52. The lowest BCUT2D eigenvalue weighted by Crippen LogP contribution is -2.39. The zero-order valence-corrected chi connectivity index (χ0v) is 10.00. The molecule has 1 rings (SSSR count). The largest absolute Gasteiger partial charge is 0.313 e. The van der Waals surface area contributed by atoms with Crippen LogP contribution in [0.1, 0.15) is 33.1 Å². The Balaban J connectivity index is 2.32. The molecule has 0 aromatic rings. The molecule has 0 spiro atoms. The molecule has 15 heavy (non-hydrogen) atoms. The van der Waals surface area contributed by atoms with Gasteiger partial charge in [-0.05, 0) is 39.3 Å². The first-order valence-corrected chi connectivity index (χ1v) is 6.11. The highest BCUT2D eigenvalue weighted by molar-refractivity contribution is 4.84. The number of hydrogen-bond donors (Lipinski definition) is 1. The number of nitrogens with zero attached hydrogens (tertiary/aromatic N) is 2. The summed E-state index contributed by atoms with van der Waals surface area (Å²) in [5.74, 6) is 0.151. The van der Waals surface area contributed by atoms with E-state index in [9.17, 15) is 0 Å². The first-order chi connectivity index (χ1) is 7.26. The summed E-state index contributed by atoms with van der Waals surface area (Å²) in [6, 6.07) is 2.97.